The van der Waals surface area contributed by atoms with Gasteiger partial charge < -0.3 is 10.3 Å². The molecule has 0 aliphatic carbocycles. The van der Waals surface area contributed by atoms with Crippen LogP contribution in [0, 0.1) is 0 Å². The standard InChI is InChI=1S/C11H13N3O/c12-8-10-13-11(15-14-10)7-6-9-4-2-1-3-5-9/h1-5H,6-8,12H2. The molecule has 0 spiro atoms. The second kappa shape index (κ2) is 4.70. The van der Waals surface area contributed by atoms with Crippen molar-refractivity contribution in [2.75, 3.05) is 0 Å². The lowest BCUT2D eigenvalue weighted by atomic mass is 10.1. The Bertz CT molecular complexity index is 411. The normalized spacial score (nSPS) is 10.5. The Hall–Kier alpha value is -1.68. The first-order valence-electron chi connectivity index (χ1n) is 4.94. The van der Waals surface area contributed by atoms with Crippen LogP contribution in [0.2, 0.25) is 0 Å². The third-order valence-corrected chi connectivity index (χ3v) is 2.16. The minimum atomic E-state index is 0.328. The van der Waals surface area contributed by atoms with Gasteiger partial charge in [0, 0.05) is 6.42 Å². The molecule has 0 aliphatic heterocycles. The lowest BCUT2D eigenvalue weighted by Gasteiger charge is -1.96. The number of aromatic nitrogens is 2. The molecule has 4 nitrogen and oxygen atoms in total. The monoisotopic (exact) mass is 203 g/mol. The third kappa shape index (κ3) is 2.63. The van der Waals surface area contributed by atoms with Gasteiger partial charge in [-0.05, 0) is 12.0 Å². The molecule has 0 fully saturated rings. The lowest BCUT2D eigenvalue weighted by molar-refractivity contribution is 0.373. The fourth-order valence-electron chi connectivity index (χ4n) is 1.37. The summed E-state index contributed by atoms with van der Waals surface area (Å²) in [5.41, 5.74) is 6.65. The fraction of sp³-hybridized carbons (Fsp3) is 0.273. The molecule has 2 N–H and O–H groups in total. The van der Waals surface area contributed by atoms with Gasteiger partial charge in [0.05, 0.1) is 6.54 Å². The number of rotatable bonds is 4. The smallest absolute Gasteiger partial charge is 0.227 e. The first kappa shape index (κ1) is 9.86. The summed E-state index contributed by atoms with van der Waals surface area (Å²) in [5, 5.41) is 3.74. The molecule has 0 unspecified atom stereocenters. The van der Waals surface area contributed by atoms with Crippen LogP contribution in [0.1, 0.15) is 17.3 Å². The molecule has 0 saturated heterocycles. The zero-order chi connectivity index (χ0) is 10.5. The molecule has 2 aromatic rings. The molecule has 0 amide bonds. The SMILES string of the molecule is NCc1noc(CCc2ccccc2)n1. The Morgan fingerprint density at radius 2 is 1.93 bits per heavy atom. The van der Waals surface area contributed by atoms with Crippen LogP contribution in [0.5, 0.6) is 0 Å². The van der Waals surface area contributed by atoms with E-state index in [1.165, 1.54) is 5.56 Å². The summed E-state index contributed by atoms with van der Waals surface area (Å²) in [4.78, 5) is 4.14. The molecule has 1 aromatic heterocycles. The second-order valence-corrected chi connectivity index (χ2v) is 3.29. The summed E-state index contributed by atoms with van der Waals surface area (Å²) >= 11 is 0. The van der Waals surface area contributed by atoms with E-state index in [9.17, 15) is 0 Å². The van der Waals surface area contributed by atoms with Crippen molar-refractivity contribution < 1.29 is 4.52 Å². The average Bonchev–Trinajstić information content (AvgIpc) is 2.76. The molecule has 78 valence electrons. The van der Waals surface area contributed by atoms with E-state index >= 15 is 0 Å². The number of aryl methyl sites for hydroxylation is 2. The van der Waals surface area contributed by atoms with Gasteiger partial charge in [0.25, 0.3) is 0 Å². The molecular weight excluding hydrogens is 190 g/mol. The highest BCUT2D eigenvalue weighted by Crippen LogP contribution is 2.05. The van der Waals surface area contributed by atoms with Gasteiger partial charge >= 0.3 is 0 Å². The van der Waals surface area contributed by atoms with Gasteiger partial charge in [-0.25, -0.2) is 0 Å². The molecule has 0 bridgehead atoms. The minimum Gasteiger partial charge on any atom is -0.339 e. The number of hydrogen-bond acceptors (Lipinski definition) is 4. The topological polar surface area (TPSA) is 64.9 Å². The van der Waals surface area contributed by atoms with E-state index < -0.39 is 0 Å². The van der Waals surface area contributed by atoms with Crippen molar-refractivity contribution >= 4 is 0 Å². The summed E-state index contributed by atoms with van der Waals surface area (Å²) in [7, 11) is 0. The predicted molar refractivity (Wildman–Crippen MR) is 56.0 cm³/mol. The molecule has 0 radical (unpaired) electrons. The van der Waals surface area contributed by atoms with Gasteiger partial charge in [0.1, 0.15) is 0 Å². The summed E-state index contributed by atoms with van der Waals surface area (Å²) in [5.74, 6) is 1.22. The van der Waals surface area contributed by atoms with E-state index in [0.717, 1.165) is 12.8 Å². The average molecular weight is 203 g/mol. The number of nitrogens with two attached hydrogens (primary N) is 1. The van der Waals surface area contributed by atoms with Crippen LogP contribution in [0.3, 0.4) is 0 Å². The van der Waals surface area contributed by atoms with Crippen molar-refractivity contribution in [2.45, 2.75) is 19.4 Å². The van der Waals surface area contributed by atoms with E-state index in [-0.39, 0.29) is 0 Å². The van der Waals surface area contributed by atoms with Gasteiger partial charge in [-0.15, -0.1) is 0 Å². The van der Waals surface area contributed by atoms with Crippen molar-refractivity contribution in [3.8, 4) is 0 Å². The third-order valence-electron chi connectivity index (χ3n) is 2.16. The summed E-state index contributed by atoms with van der Waals surface area (Å²) < 4.78 is 5.04. The van der Waals surface area contributed by atoms with Gasteiger partial charge in [-0.3, -0.25) is 0 Å². The fourth-order valence-corrected chi connectivity index (χ4v) is 1.37. The van der Waals surface area contributed by atoms with Gasteiger partial charge in [0.2, 0.25) is 5.89 Å². The Morgan fingerprint density at radius 3 is 2.60 bits per heavy atom. The Balaban J connectivity index is 1.93. The predicted octanol–water partition coefficient (Wildman–Crippen LogP) is 1.31. The second-order valence-electron chi connectivity index (χ2n) is 3.29. The van der Waals surface area contributed by atoms with E-state index in [4.69, 9.17) is 10.3 Å². The molecule has 4 heteroatoms. The Labute approximate surface area is 88.1 Å². The van der Waals surface area contributed by atoms with E-state index in [2.05, 4.69) is 22.3 Å². The molecular formula is C11H13N3O. The molecule has 1 heterocycles. The van der Waals surface area contributed by atoms with Crippen LogP contribution >= 0.6 is 0 Å². The number of nitrogens with zero attached hydrogens (tertiary/aromatic N) is 2. The van der Waals surface area contributed by atoms with E-state index in [1.54, 1.807) is 0 Å². The molecule has 0 aliphatic rings. The maximum absolute atomic E-state index is 5.39. The summed E-state index contributed by atoms with van der Waals surface area (Å²) in [6.45, 7) is 0.328. The highest BCUT2D eigenvalue weighted by molar-refractivity contribution is 5.15. The lowest BCUT2D eigenvalue weighted by Crippen LogP contribution is -1.98. The van der Waals surface area contributed by atoms with Gasteiger partial charge in [0.15, 0.2) is 5.82 Å². The van der Waals surface area contributed by atoms with Gasteiger partial charge in [-0.1, -0.05) is 35.5 Å². The van der Waals surface area contributed by atoms with Crippen molar-refractivity contribution in [1.82, 2.24) is 10.1 Å². The first-order valence-corrected chi connectivity index (χ1v) is 4.94. The Morgan fingerprint density at radius 1 is 1.13 bits per heavy atom. The summed E-state index contributed by atoms with van der Waals surface area (Å²) in [6.07, 6.45) is 1.67. The van der Waals surface area contributed by atoms with E-state index in [0.29, 0.717) is 18.3 Å². The summed E-state index contributed by atoms with van der Waals surface area (Å²) in [6, 6.07) is 10.2. The van der Waals surface area contributed by atoms with Crippen molar-refractivity contribution in [1.29, 1.82) is 0 Å². The highest BCUT2D eigenvalue weighted by atomic mass is 16.5. The van der Waals surface area contributed by atoms with Gasteiger partial charge in [-0.2, -0.15) is 4.98 Å². The van der Waals surface area contributed by atoms with Crippen molar-refractivity contribution in [3.63, 3.8) is 0 Å². The largest absolute Gasteiger partial charge is 0.339 e. The maximum atomic E-state index is 5.39. The molecule has 1 aromatic carbocycles. The van der Waals surface area contributed by atoms with Crippen LogP contribution in [0.4, 0.5) is 0 Å². The van der Waals surface area contributed by atoms with Crippen molar-refractivity contribution in [2.24, 2.45) is 5.73 Å². The molecule has 15 heavy (non-hydrogen) atoms. The Kier molecular flexibility index (Phi) is 3.09. The number of benzene rings is 1. The quantitative estimate of drug-likeness (QED) is 0.813. The van der Waals surface area contributed by atoms with Crippen LogP contribution in [-0.2, 0) is 19.4 Å². The van der Waals surface area contributed by atoms with Crippen LogP contribution in [-0.4, -0.2) is 10.1 Å². The van der Waals surface area contributed by atoms with Crippen LogP contribution in [0.25, 0.3) is 0 Å². The minimum absolute atomic E-state index is 0.328. The highest BCUT2D eigenvalue weighted by Gasteiger charge is 2.04. The first-order chi connectivity index (χ1) is 7.38. The molecule has 0 atom stereocenters. The zero-order valence-electron chi connectivity index (χ0n) is 8.39. The number of hydrogen-bond donors (Lipinski definition) is 1. The molecule has 0 saturated carbocycles. The van der Waals surface area contributed by atoms with Crippen LogP contribution in [0.15, 0.2) is 34.9 Å². The van der Waals surface area contributed by atoms with Crippen LogP contribution < -0.4 is 5.73 Å². The van der Waals surface area contributed by atoms with Crippen molar-refractivity contribution in [3.05, 3.63) is 47.6 Å². The maximum Gasteiger partial charge on any atom is 0.227 e. The van der Waals surface area contributed by atoms with E-state index in [1.807, 2.05) is 18.2 Å². The molecule has 2 rings (SSSR count). The zero-order valence-corrected chi connectivity index (χ0v) is 8.39.